The molecule has 0 radical (unpaired) electrons. The largest absolute Gasteiger partial charge is 0.268 e. The van der Waals surface area contributed by atoms with E-state index in [1.54, 1.807) is 0 Å². The minimum Gasteiger partial charge on any atom is -0.268 e. The van der Waals surface area contributed by atoms with Crippen LogP contribution in [0.5, 0.6) is 0 Å². The van der Waals surface area contributed by atoms with Gasteiger partial charge < -0.3 is 0 Å². The summed E-state index contributed by atoms with van der Waals surface area (Å²) in [5, 5.41) is 0. The van der Waals surface area contributed by atoms with E-state index in [-0.39, 0.29) is 9.80 Å². The van der Waals surface area contributed by atoms with Gasteiger partial charge >= 0.3 is 0 Å². The summed E-state index contributed by atoms with van der Waals surface area (Å²) in [6.45, 7) is 0. The van der Waals surface area contributed by atoms with Crippen molar-refractivity contribution in [1.29, 1.82) is 0 Å². The van der Waals surface area contributed by atoms with Gasteiger partial charge in [0.15, 0.2) is 46.5 Å². The van der Waals surface area contributed by atoms with Gasteiger partial charge in [-0.3, -0.25) is 19.2 Å². The molecule has 6 rings (SSSR count). The Morgan fingerprint density at radius 3 is 0.920 bits per heavy atom. The molecule has 0 bridgehead atoms. The van der Waals surface area contributed by atoms with Crippen LogP contribution >= 0.6 is 31.9 Å². The molecule has 0 aliphatic carbocycles. The molecular formula is C32H8Br2F10N2O4. The Balaban J connectivity index is 1.79. The summed E-state index contributed by atoms with van der Waals surface area (Å²) in [5.41, 5.74) is -11.7. The molecule has 4 aromatic rings. The lowest BCUT2D eigenvalue weighted by atomic mass is 10.00. The number of hydrogen-bond donors (Lipinski definition) is 0. The number of halogens is 12. The third-order valence-electron chi connectivity index (χ3n) is 7.49. The second-order valence-electron chi connectivity index (χ2n) is 10.2. The number of benzene rings is 4. The van der Waals surface area contributed by atoms with E-state index in [4.69, 9.17) is 0 Å². The van der Waals surface area contributed by atoms with E-state index >= 15 is 17.6 Å². The quantitative estimate of drug-likeness (QED) is 0.0903. The molecule has 4 amide bonds. The highest BCUT2D eigenvalue weighted by Gasteiger charge is 2.55. The fourth-order valence-electron chi connectivity index (χ4n) is 5.23. The third kappa shape index (κ3) is 4.99. The normalized spacial score (nSPS) is 14.4. The van der Waals surface area contributed by atoms with E-state index in [1.807, 2.05) is 0 Å². The molecule has 18 heteroatoms. The molecule has 0 atom stereocenters. The van der Waals surface area contributed by atoms with Crippen molar-refractivity contribution in [3.63, 3.8) is 0 Å². The average Bonchev–Trinajstić information content (AvgIpc) is 3.55. The molecule has 0 spiro atoms. The van der Waals surface area contributed by atoms with Gasteiger partial charge in [-0.15, -0.1) is 0 Å². The molecule has 2 heterocycles. The molecule has 2 aliphatic rings. The second kappa shape index (κ2) is 12.3. The van der Waals surface area contributed by atoms with Crippen LogP contribution < -0.4 is 0 Å². The topological polar surface area (TPSA) is 74.8 Å². The van der Waals surface area contributed by atoms with Crippen LogP contribution in [0.4, 0.5) is 43.9 Å². The van der Waals surface area contributed by atoms with E-state index in [1.165, 1.54) is 24.3 Å². The maximum absolute atomic E-state index is 15.4. The van der Waals surface area contributed by atoms with Crippen LogP contribution in [-0.2, 0) is 9.59 Å². The van der Waals surface area contributed by atoms with Gasteiger partial charge in [0.1, 0.15) is 0 Å². The van der Waals surface area contributed by atoms with Gasteiger partial charge in [0.25, 0.3) is 23.6 Å². The molecule has 50 heavy (non-hydrogen) atoms. The summed E-state index contributed by atoms with van der Waals surface area (Å²) >= 11 is 6.13. The second-order valence-corrected chi connectivity index (χ2v) is 12.1. The van der Waals surface area contributed by atoms with E-state index in [2.05, 4.69) is 31.9 Å². The molecule has 0 aromatic heterocycles. The molecule has 6 nitrogen and oxygen atoms in total. The first-order valence-electron chi connectivity index (χ1n) is 13.3. The van der Waals surface area contributed by atoms with Crippen molar-refractivity contribution >= 4 is 66.9 Å². The average molecular weight is 834 g/mol. The van der Waals surface area contributed by atoms with Gasteiger partial charge in [0, 0.05) is 20.1 Å². The third-order valence-corrected chi connectivity index (χ3v) is 8.54. The summed E-state index contributed by atoms with van der Waals surface area (Å²) in [5.74, 6) is -33.9. The highest BCUT2D eigenvalue weighted by Crippen LogP contribution is 2.50. The lowest BCUT2D eigenvalue weighted by Crippen LogP contribution is -2.37. The summed E-state index contributed by atoms with van der Waals surface area (Å²) in [6.07, 6.45) is 0. The number of carbonyl (C=O) groups is 4. The van der Waals surface area contributed by atoms with Crippen LogP contribution in [0.15, 0.2) is 68.6 Å². The molecule has 4 aromatic carbocycles. The number of hydrogen-bond acceptors (Lipinski definition) is 4. The monoisotopic (exact) mass is 832 g/mol. The first kappa shape index (κ1) is 34.8. The number of rotatable bonds is 4. The SMILES string of the molecule is O=C1C2=C(c3c(F)c(F)c(F)c(F)c3F)N(C(=O)c3ccc(Br)cc3)C(=O)C2=C(c2c(F)c(F)c(F)c(F)c2F)N1C(=O)c1ccc(Br)cc1. The summed E-state index contributed by atoms with van der Waals surface area (Å²) < 4.78 is 149. The van der Waals surface area contributed by atoms with E-state index in [9.17, 15) is 45.5 Å². The first-order valence-corrected chi connectivity index (χ1v) is 14.9. The molecule has 0 saturated heterocycles. The highest BCUT2D eigenvalue weighted by molar-refractivity contribution is 9.10. The van der Waals surface area contributed by atoms with Crippen LogP contribution in [0.3, 0.4) is 0 Å². The van der Waals surface area contributed by atoms with Crippen molar-refractivity contribution in [3.8, 4) is 0 Å². The number of imide groups is 2. The zero-order chi connectivity index (χ0) is 36.7. The number of fused-ring (bicyclic) bond motifs is 1. The fourth-order valence-corrected chi connectivity index (χ4v) is 5.76. The molecule has 0 saturated carbocycles. The molecule has 254 valence electrons. The van der Waals surface area contributed by atoms with Crippen molar-refractivity contribution in [3.05, 3.63) is 149 Å². The Hall–Kier alpha value is -5.10. The Bertz CT molecular complexity index is 2110. The summed E-state index contributed by atoms with van der Waals surface area (Å²) in [7, 11) is 0. The van der Waals surface area contributed by atoms with Gasteiger partial charge in [-0.2, -0.15) is 0 Å². The molecule has 0 N–H and O–H groups in total. The van der Waals surface area contributed by atoms with Gasteiger partial charge in [-0.05, 0) is 48.5 Å². The Labute approximate surface area is 288 Å². The molecule has 0 unspecified atom stereocenters. The fraction of sp³-hybridized carbons (Fsp3) is 0. The number of amides is 4. The van der Waals surface area contributed by atoms with Crippen LogP contribution in [0.2, 0.25) is 0 Å². The van der Waals surface area contributed by atoms with Gasteiger partial charge in [0.2, 0.25) is 11.6 Å². The predicted octanol–water partition coefficient (Wildman–Crippen LogP) is 8.09. The molecule has 2 aliphatic heterocycles. The van der Waals surface area contributed by atoms with Crippen molar-refractivity contribution < 1.29 is 63.1 Å². The number of nitrogens with zero attached hydrogens (tertiary/aromatic N) is 2. The highest BCUT2D eigenvalue weighted by atomic mass is 79.9. The molecule has 0 fully saturated rings. The van der Waals surface area contributed by atoms with Crippen molar-refractivity contribution in [2.24, 2.45) is 0 Å². The Morgan fingerprint density at radius 1 is 0.420 bits per heavy atom. The number of carbonyl (C=O) groups excluding carboxylic acids is 4. The summed E-state index contributed by atoms with van der Waals surface area (Å²) in [4.78, 5) is 55.2. The zero-order valence-electron chi connectivity index (χ0n) is 23.7. The first-order chi connectivity index (χ1) is 23.5. The van der Waals surface area contributed by atoms with E-state index < -0.39 is 127 Å². The Morgan fingerprint density at radius 2 is 0.660 bits per heavy atom. The Kier molecular flexibility index (Phi) is 8.58. The lowest BCUT2D eigenvalue weighted by molar-refractivity contribution is -0.122. The molecular weight excluding hydrogens is 826 g/mol. The van der Waals surface area contributed by atoms with E-state index in [0.29, 0.717) is 8.95 Å². The maximum atomic E-state index is 15.4. The standard InChI is InChI=1S/C32H8Br2F10N2O4/c33-11-5-1-9(2-6-11)29(47)45-27(15-17(35)21(39)25(43)22(40)18(15)36)13-14(31(45)49)28(16-19(37)23(41)26(44)24(42)20(16)38)46(32(13)50)30(48)10-3-7-12(34)8-4-10/h1-8H. The predicted molar refractivity (Wildman–Crippen MR) is 157 cm³/mol. The van der Waals surface area contributed by atoms with Crippen LogP contribution in [0.25, 0.3) is 11.4 Å². The van der Waals surface area contributed by atoms with Crippen molar-refractivity contribution in [2.45, 2.75) is 0 Å². The van der Waals surface area contributed by atoms with Crippen LogP contribution in [0.1, 0.15) is 31.8 Å². The maximum Gasteiger partial charge on any atom is 0.268 e. The van der Waals surface area contributed by atoms with Gasteiger partial charge in [0.05, 0.1) is 33.7 Å². The van der Waals surface area contributed by atoms with Crippen molar-refractivity contribution in [2.75, 3.05) is 0 Å². The van der Waals surface area contributed by atoms with Gasteiger partial charge in [-0.1, -0.05) is 31.9 Å². The van der Waals surface area contributed by atoms with Crippen LogP contribution in [0, 0.1) is 58.2 Å². The summed E-state index contributed by atoms with van der Waals surface area (Å²) in [6, 6.07) is 8.84. The van der Waals surface area contributed by atoms with Crippen LogP contribution in [-0.4, -0.2) is 33.4 Å². The zero-order valence-corrected chi connectivity index (χ0v) is 26.9. The lowest BCUT2D eigenvalue weighted by Gasteiger charge is -2.24. The minimum atomic E-state index is -2.71. The van der Waals surface area contributed by atoms with E-state index in [0.717, 1.165) is 24.3 Å². The van der Waals surface area contributed by atoms with Gasteiger partial charge in [-0.25, -0.2) is 53.7 Å². The minimum absolute atomic E-state index is 0.280. The van der Waals surface area contributed by atoms with Crippen molar-refractivity contribution in [1.82, 2.24) is 9.80 Å². The smallest absolute Gasteiger partial charge is 0.268 e.